The van der Waals surface area contributed by atoms with Crippen LogP contribution in [0.1, 0.15) is 5.56 Å². The Kier molecular flexibility index (Phi) is 4.20. The maximum Gasteiger partial charge on any atom is 0.136 e. The minimum absolute atomic E-state index is 0.352. The summed E-state index contributed by atoms with van der Waals surface area (Å²) in [6.45, 7) is 0. The predicted molar refractivity (Wildman–Crippen MR) is 71.6 cm³/mol. The molecule has 4 heteroatoms. The third-order valence-corrected chi connectivity index (χ3v) is 3.55. The van der Waals surface area contributed by atoms with E-state index in [1.165, 1.54) is 17.8 Å². The van der Waals surface area contributed by atoms with E-state index in [4.69, 9.17) is 5.73 Å². The Morgan fingerprint density at radius 3 is 2.44 bits per heavy atom. The molecule has 0 spiro atoms. The van der Waals surface area contributed by atoms with Crippen molar-refractivity contribution in [3.8, 4) is 0 Å². The van der Waals surface area contributed by atoms with Gasteiger partial charge in [0, 0.05) is 16.3 Å². The van der Waals surface area contributed by atoms with Gasteiger partial charge in [-0.25, -0.2) is 8.78 Å². The van der Waals surface area contributed by atoms with Crippen LogP contribution in [0.4, 0.5) is 14.5 Å². The molecule has 0 saturated heterocycles. The van der Waals surface area contributed by atoms with Crippen LogP contribution in [0.15, 0.2) is 47.4 Å². The van der Waals surface area contributed by atoms with E-state index in [1.54, 1.807) is 0 Å². The average molecular weight is 265 g/mol. The summed E-state index contributed by atoms with van der Waals surface area (Å²) in [6, 6.07) is 11.1. The molecule has 2 aromatic carbocycles. The fourth-order valence-electron chi connectivity index (χ4n) is 1.55. The number of nitrogen functional groups attached to an aromatic ring is 1. The number of nitrogens with two attached hydrogens (primary N) is 1. The standard InChI is InChI=1S/C14H13F2NS/c15-11-3-6-13(16)14(9-11)18-8-7-10-1-4-12(17)5-2-10/h1-6,9H,7-8,17H2. The first-order valence-electron chi connectivity index (χ1n) is 5.57. The summed E-state index contributed by atoms with van der Waals surface area (Å²) in [7, 11) is 0. The molecular formula is C14H13F2NS. The number of halogens is 2. The van der Waals surface area contributed by atoms with Gasteiger partial charge in [0.1, 0.15) is 11.6 Å². The van der Waals surface area contributed by atoms with Crippen LogP contribution < -0.4 is 5.73 Å². The van der Waals surface area contributed by atoms with Gasteiger partial charge in [0.15, 0.2) is 0 Å². The maximum absolute atomic E-state index is 13.3. The van der Waals surface area contributed by atoms with Crippen molar-refractivity contribution in [2.75, 3.05) is 11.5 Å². The van der Waals surface area contributed by atoms with Crippen molar-refractivity contribution in [3.63, 3.8) is 0 Å². The van der Waals surface area contributed by atoms with E-state index in [0.717, 1.165) is 29.8 Å². The van der Waals surface area contributed by atoms with Crippen LogP contribution in [0, 0.1) is 11.6 Å². The van der Waals surface area contributed by atoms with Crippen LogP contribution in [-0.2, 0) is 6.42 Å². The van der Waals surface area contributed by atoms with Gasteiger partial charge >= 0.3 is 0 Å². The van der Waals surface area contributed by atoms with Crippen molar-refractivity contribution in [1.29, 1.82) is 0 Å². The molecule has 1 nitrogen and oxygen atoms in total. The van der Waals surface area contributed by atoms with E-state index >= 15 is 0 Å². The zero-order valence-electron chi connectivity index (χ0n) is 9.70. The lowest BCUT2D eigenvalue weighted by atomic mass is 10.2. The SMILES string of the molecule is Nc1ccc(CCSc2cc(F)ccc2F)cc1. The Labute approximate surface area is 109 Å². The van der Waals surface area contributed by atoms with Gasteiger partial charge in [-0.2, -0.15) is 0 Å². The summed E-state index contributed by atoms with van der Waals surface area (Å²) < 4.78 is 26.3. The zero-order valence-corrected chi connectivity index (χ0v) is 10.5. The van der Waals surface area contributed by atoms with Gasteiger partial charge in [-0.05, 0) is 42.3 Å². The fourth-order valence-corrected chi connectivity index (χ4v) is 2.51. The van der Waals surface area contributed by atoms with Crippen LogP contribution in [0.3, 0.4) is 0 Å². The van der Waals surface area contributed by atoms with E-state index < -0.39 is 5.82 Å². The lowest BCUT2D eigenvalue weighted by Gasteiger charge is -2.04. The Morgan fingerprint density at radius 2 is 1.72 bits per heavy atom. The molecule has 0 amide bonds. The topological polar surface area (TPSA) is 26.0 Å². The largest absolute Gasteiger partial charge is 0.399 e. The number of benzene rings is 2. The summed E-state index contributed by atoms with van der Waals surface area (Å²) in [4.78, 5) is 0.352. The zero-order chi connectivity index (χ0) is 13.0. The number of thioether (sulfide) groups is 1. The summed E-state index contributed by atoms with van der Waals surface area (Å²) in [5.41, 5.74) is 7.44. The second-order valence-electron chi connectivity index (χ2n) is 3.91. The minimum Gasteiger partial charge on any atom is -0.399 e. The van der Waals surface area contributed by atoms with E-state index in [9.17, 15) is 8.78 Å². The maximum atomic E-state index is 13.3. The molecule has 0 bridgehead atoms. The van der Waals surface area contributed by atoms with Gasteiger partial charge in [0.2, 0.25) is 0 Å². The van der Waals surface area contributed by atoms with Crippen molar-refractivity contribution in [2.24, 2.45) is 0 Å². The molecule has 0 fully saturated rings. The highest BCUT2D eigenvalue weighted by Gasteiger charge is 2.04. The highest BCUT2D eigenvalue weighted by Crippen LogP contribution is 2.23. The van der Waals surface area contributed by atoms with Gasteiger partial charge in [-0.3, -0.25) is 0 Å². The summed E-state index contributed by atoms with van der Waals surface area (Å²) in [5, 5.41) is 0. The summed E-state index contributed by atoms with van der Waals surface area (Å²) >= 11 is 1.31. The van der Waals surface area contributed by atoms with Crippen LogP contribution in [0.5, 0.6) is 0 Å². The molecule has 2 rings (SSSR count). The van der Waals surface area contributed by atoms with E-state index in [1.807, 2.05) is 24.3 Å². The molecular weight excluding hydrogens is 252 g/mol. The van der Waals surface area contributed by atoms with Crippen LogP contribution in [0.2, 0.25) is 0 Å². The highest BCUT2D eigenvalue weighted by molar-refractivity contribution is 7.99. The first-order chi connectivity index (χ1) is 8.65. The molecule has 2 aromatic rings. The molecule has 0 aliphatic heterocycles. The smallest absolute Gasteiger partial charge is 0.136 e. The Bertz CT molecular complexity index is 526. The lowest BCUT2D eigenvalue weighted by Crippen LogP contribution is -1.91. The van der Waals surface area contributed by atoms with E-state index in [-0.39, 0.29) is 5.82 Å². The lowest BCUT2D eigenvalue weighted by molar-refractivity contribution is 0.577. The van der Waals surface area contributed by atoms with Crippen LogP contribution >= 0.6 is 11.8 Å². The molecule has 0 aromatic heterocycles. The fraction of sp³-hybridized carbons (Fsp3) is 0.143. The van der Waals surface area contributed by atoms with E-state index in [2.05, 4.69) is 0 Å². The number of rotatable bonds is 4. The van der Waals surface area contributed by atoms with Gasteiger partial charge in [0.05, 0.1) is 0 Å². The van der Waals surface area contributed by atoms with Crippen molar-refractivity contribution >= 4 is 17.4 Å². The second-order valence-corrected chi connectivity index (χ2v) is 5.05. The molecule has 0 saturated carbocycles. The molecule has 0 aliphatic rings. The average Bonchev–Trinajstić information content (AvgIpc) is 2.36. The second kappa shape index (κ2) is 5.87. The van der Waals surface area contributed by atoms with E-state index in [0.29, 0.717) is 10.6 Å². The van der Waals surface area contributed by atoms with Crippen molar-refractivity contribution in [3.05, 3.63) is 59.7 Å². The van der Waals surface area contributed by atoms with Gasteiger partial charge in [0.25, 0.3) is 0 Å². The molecule has 0 heterocycles. The number of hydrogen-bond donors (Lipinski definition) is 1. The van der Waals surface area contributed by atoms with Crippen molar-refractivity contribution in [2.45, 2.75) is 11.3 Å². The van der Waals surface area contributed by atoms with Gasteiger partial charge in [-0.1, -0.05) is 12.1 Å². The molecule has 0 aliphatic carbocycles. The summed E-state index contributed by atoms with van der Waals surface area (Å²) in [5.74, 6) is -0.0883. The molecule has 94 valence electrons. The first kappa shape index (κ1) is 12.9. The highest BCUT2D eigenvalue weighted by atomic mass is 32.2. The summed E-state index contributed by atoms with van der Waals surface area (Å²) in [6.07, 6.45) is 0.793. The normalized spacial score (nSPS) is 10.6. The molecule has 18 heavy (non-hydrogen) atoms. The quantitative estimate of drug-likeness (QED) is 0.670. The number of anilines is 1. The molecule has 0 atom stereocenters. The molecule has 0 radical (unpaired) electrons. The predicted octanol–water partition coefficient (Wildman–Crippen LogP) is 3.88. The van der Waals surface area contributed by atoms with Crippen LogP contribution in [0.25, 0.3) is 0 Å². The third-order valence-electron chi connectivity index (χ3n) is 2.52. The first-order valence-corrected chi connectivity index (χ1v) is 6.56. The third kappa shape index (κ3) is 3.47. The van der Waals surface area contributed by atoms with Crippen molar-refractivity contribution < 1.29 is 8.78 Å². The Balaban J connectivity index is 1.92. The number of hydrogen-bond acceptors (Lipinski definition) is 2. The van der Waals surface area contributed by atoms with Gasteiger partial charge < -0.3 is 5.73 Å². The minimum atomic E-state index is -0.411. The van der Waals surface area contributed by atoms with Crippen molar-refractivity contribution in [1.82, 2.24) is 0 Å². The van der Waals surface area contributed by atoms with Crippen LogP contribution in [-0.4, -0.2) is 5.75 Å². The monoisotopic (exact) mass is 265 g/mol. The Morgan fingerprint density at radius 1 is 1.00 bits per heavy atom. The molecule has 2 N–H and O–H groups in total. The molecule has 0 unspecified atom stereocenters. The number of aryl methyl sites for hydroxylation is 1. The van der Waals surface area contributed by atoms with Gasteiger partial charge in [-0.15, -0.1) is 11.8 Å². The Hall–Kier alpha value is -1.55.